The summed E-state index contributed by atoms with van der Waals surface area (Å²) in [5, 5.41) is 6.94. The van der Waals surface area contributed by atoms with Gasteiger partial charge in [0.05, 0.1) is 0 Å². The summed E-state index contributed by atoms with van der Waals surface area (Å²) in [5.41, 5.74) is 1.95. The molecule has 2 aromatic heterocycles. The second-order valence-electron chi connectivity index (χ2n) is 4.70. The number of aryl methyl sites for hydroxylation is 1. The number of sulfonamides is 1. The number of hydrogen-bond acceptors (Lipinski definition) is 4. The lowest BCUT2D eigenvalue weighted by Gasteiger charge is -2.15. The molecule has 110 valence electrons. The molecule has 0 spiro atoms. The van der Waals surface area contributed by atoms with Gasteiger partial charge in [-0.1, -0.05) is 0 Å². The number of nitrogens with zero attached hydrogens (tertiary/aromatic N) is 2. The summed E-state index contributed by atoms with van der Waals surface area (Å²) in [6.07, 6.45) is 1.66. The summed E-state index contributed by atoms with van der Waals surface area (Å²) < 4.78 is 28.3. The molecule has 0 bridgehead atoms. The standard InChI is InChI=1S/C13H19N3O2S2/c1-14-7-12-6-13(9-15(12)2)20(17,18)16(3)8-11-4-5-19-10-11/h4-6,9-10,14H,7-8H2,1-3H3. The zero-order valence-electron chi connectivity index (χ0n) is 11.8. The maximum atomic E-state index is 12.5. The zero-order valence-corrected chi connectivity index (χ0v) is 13.5. The minimum absolute atomic E-state index is 0.336. The highest BCUT2D eigenvalue weighted by Crippen LogP contribution is 2.20. The fourth-order valence-corrected chi connectivity index (χ4v) is 3.89. The Labute approximate surface area is 123 Å². The molecule has 0 saturated carbocycles. The van der Waals surface area contributed by atoms with E-state index in [4.69, 9.17) is 0 Å². The molecular weight excluding hydrogens is 294 g/mol. The van der Waals surface area contributed by atoms with Crippen LogP contribution in [0.2, 0.25) is 0 Å². The SMILES string of the molecule is CNCc1cc(S(=O)(=O)N(C)Cc2ccsc2)cn1C. The molecule has 1 N–H and O–H groups in total. The van der Waals surface area contributed by atoms with Crippen LogP contribution in [0, 0.1) is 0 Å². The third-order valence-electron chi connectivity index (χ3n) is 3.13. The second-order valence-corrected chi connectivity index (χ2v) is 7.53. The molecule has 0 aromatic carbocycles. The van der Waals surface area contributed by atoms with Gasteiger partial charge in [-0.25, -0.2) is 8.42 Å². The lowest BCUT2D eigenvalue weighted by molar-refractivity contribution is 0.467. The quantitative estimate of drug-likeness (QED) is 0.882. The number of thiophene rings is 1. The highest BCUT2D eigenvalue weighted by molar-refractivity contribution is 7.89. The molecule has 2 heterocycles. The zero-order chi connectivity index (χ0) is 14.8. The summed E-state index contributed by atoms with van der Waals surface area (Å²) in [7, 11) is 1.85. The van der Waals surface area contributed by atoms with E-state index in [1.165, 1.54) is 4.31 Å². The largest absolute Gasteiger partial charge is 0.352 e. The number of nitrogens with one attached hydrogen (secondary N) is 1. The van der Waals surface area contributed by atoms with Crippen LogP contribution < -0.4 is 5.32 Å². The Morgan fingerprint density at radius 3 is 2.80 bits per heavy atom. The van der Waals surface area contributed by atoms with Gasteiger partial charge < -0.3 is 9.88 Å². The minimum Gasteiger partial charge on any atom is -0.352 e. The number of hydrogen-bond donors (Lipinski definition) is 1. The van der Waals surface area contributed by atoms with Gasteiger partial charge in [-0.2, -0.15) is 15.6 Å². The van der Waals surface area contributed by atoms with Gasteiger partial charge in [0.2, 0.25) is 10.0 Å². The molecule has 20 heavy (non-hydrogen) atoms. The predicted octanol–water partition coefficient (Wildman–Crippen LogP) is 1.63. The van der Waals surface area contributed by atoms with Crippen LogP contribution in [-0.2, 0) is 30.2 Å². The number of rotatable bonds is 6. The van der Waals surface area contributed by atoms with Crippen LogP contribution in [0.4, 0.5) is 0 Å². The minimum atomic E-state index is -3.45. The van der Waals surface area contributed by atoms with Crippen molar-refractivity contribution in [2.75, 3.05) is 14.1 Å². The van der Waals surface area contributed by atoms with E-state index in [1.807, 2.05) is 35.5 Å². The van der Waals surface area contributed by atoms with Gasteiger partial charge in [0.1, 0.15) is 4.90 Å². The molecule has 0 aliphatic rings. The van der Waals surface area contributed by atoms with Gasteiger partial charge in [0.15, 0.2) is 0 Å². The maximum Gasteiger partial charge on any atom is 0.244 e. The molecular formula is C13H19N3O2S2. The first-order valence-corrected chi connectivity index (χ1v) is 8.60. The molecule has 0 aliphatic carbocycles. The average Bonchev–Trinajstić information content (AvgIpc) is 3.01. The van der Waals surface area contributed by atoms with Crippen LogP contribution in [-0.4, -0.2) is 31.4 Å². The predicted molar refractivity (Wildman–Crippen MR) is 81.1 cm³/mol. The van der Waals surface area contributed by atoms with Crippen LogP contribution in [0.3, 0.4) is 0 Å². The van der Waals surface area contributed by atoms with E-state index in [-0.39, 0.29) is 0 Å². The second kappa shape index (κ2) is 6.09. The fraction of sp³-hybridized carbons (Fsp3) is 0.385. The van der Waals surface area contributed by atoms with E-state index in [2.05, 4.69) is 5.32 Å². The van der Waals surface area contributed by atoms with Gasteiger partial charge in [0, 0.05) is 39.1 Å². The molecule has 0 amide bonds. The van der Waals surface area contributed by atoms with E-state index in [9.17, 15) is 8.42 Å². The maximum absolute atomic E-state index is 12.5. The Morgan fingerprint density at radius 2 is 2.20 bits per heavy atom. The molecule has 0 atom stereocenters. The summed E-state index contributed by atoms with van der Waals surface area (Å²) in [4.78, 5) is 0.336. The lowest BCUT2D eigenvalue weighted by Crippen LogP contribution is -2.26. The van der Waals surface area contributed by atoms with E-state index in [0.29, 0.717) is 18.0 Å². The fourth-order valence-electron chi connectivity index (χ4n) is 1.98. The first kappa shape index (κ1) is 15.2. The first-order valence-electron chi connectivity index (χ1n) is 6.22. The summed E-state index contributed by atoms with van der Waals surface area (Å²) in [6, 6.07) is 3.66. The highest BCUT2D eigenvalue weighted by atomic mass is 32.2. The number of aromatic nitrogens is 1. The van der Waals surface area contributed by atoms with Crippen molar-refractivity contribution in [2.24, 2.45) is 7.05 Å². The van der Waals surface area contributed by atoms with Crippen molar-refractivity contribution in [3.05, 3.63) is 40.3 Å². The van der Waals surface area contributed by atoms with Crippen LogP contribution in [0.25, 0.3) is 0 Å². The Hall–Kier alpha value is -1.15. The van der Waals surface area contributed by atoms with Gasteiger partial charge in [-0.3, -0.25) is 0 Å². The third kappa shape index (κ3) is 3.12. The first-order chi connectivity index (χ1) is 9.45. The van der Waals surface area contributed by atoms with Crippen molar-refractivity contribution < 1.29 is 8.42 Å². The van der Waals surface area contributed by atoms with Gasteiger partial charge >= 0.3 is 0 Å². The lowest BCUT2D eigenvalue weighted by atomic mass is 10.3. The van der Waals surface area contributed by atoms with Crippen LogP contribution in [0.1, 0.15) is 11.3 Å². The Kier molecular flexibility index (Phi) is 4.64. The Bertz CT molecular complexity index is 660. The normalized spacial score (nSPS) is 12.2. The van der Waals surface area contributed by atoms with Crippen molar-refractivity contribution in [1.29, 1.82) is 0 Å². The topological polar surface area (TPSA) is 54.3 Å². The van der Waals surface area contributed by atoms with Gasteiger partial charge in [-0.05, 0) is 35.5 Å². The smallest absolute Gasteiger partial charge is 0.244 e. The van der Waals surface area contributed by atoms with Gasteiger partial charge in [-0.15, -0.1) is 0 Å². The molecule has 5 nitrogen and oxygen atoms in total. The van der Waals surface area contributed by atoms with E-state index in [0.717, 1.165) is 11.3 Å². The highest BCUT2D eigenvalue weighted by Gasteiger charge is 2.23. The van der Waals surface area contributed by atoms with Crippen molar-refractivity contribution in [1.82, 2.24) is 14.2 Å². The van der Waals surface area contributed by atoms with Crippen molar-refractivity contribution >= 4 is 21.4 Å². The van der Waals surface area contributed by atoms with Crippen molar-refractivity contribution in [2.45, 2.75) is 18.0 Å². The summed E-state index contributed by atoms with van der Waals surface area (Å²) in [6.45, 7) is 1.03. The van der Waals surface area contributed by atoms with E-state index < -0.39 is 10.0 Å². The molecule has 2 aromatic rings. The third-order valence-corrected chi connectivity index (χ3v) is 5.63. The molecule has 0 unspecified atom stereocenters. The van der Waals surface area contributed by atoms with Crippen molar-refractivity contribution in [3.8, 4) is 0 Å². The monoisotopic (exact) mass is 313 g/mol. The molecule has 7 heteroatoms. The van der Waals surface area contributed by atoms with Crippen molar-refractivity contribution in [3.63, 3.8) is 0 Å². The van der Waals surface area contributed by atoms with Crippen LogP contribution >= 0.6 is 11.3 Å². The van der Waals surface area contributed by atoms with Gasteiger partial charge in [0.25, 0.3) is 0 Å². The average molecular weight is 313 g/mol. The molecule has 0 fully saturated rings. The molecule has 2 rings (SSSR count). The molecule has 0 aliphatic heterocycles. The molecule has 0 radical (unpaired) electrons. The summed E-state index contributed by atoms with van der Waals surface area (Å²) in [5.74, 6) is 0. The summed E-state index contributed by atoms with van der Waals surface area (Å²) >= 11 is 1.57. The van der Waals surface area contributed by atoms with E-state index >= 15 is 0 Å². The Balaban J connectivity index is 2.23. The van der Waals surface area contributed by atoms with E-state index in [1.54, 1.807) is 30.6 Å². The van der Waals surface area contributed by atoms with Crippen LogP contribution in [0.15, 0.2) is 34.0 Å². The Morgan fingerprint density at radius 1 is 1.45 bits per heavy atom. The molecule has 0 saturated heterocycles. The van der Waals surface area contributed by atoms with Crippen LogP contribution in [0.5, 0.6) is 0 Å².